The molecule has 1 saturated heterocycles. The first-order chi connectivity index (χ1) is 14.5. The van der Waals surface area contributed by atoms with Gasteiger partial charge in [0.1, 0.15) is 11.5 Å². The minimum Gasteiger partial charge on any atom is -0.497 e. The van der Waals surface area contributed by atoms with Crippen LogP contribution in [0.1, 0.15) is 17.7 Å². The third-order valence-electron chi connectivity index (χ3n) is 5.34. The van der Waals surface area contributed by atoms with Gasteiger partial charge in [-0.1, -0.05) is 23.8 Å². The number of nitrogens with zero attached hydrogens (tertiary/aromatic N) is 2. The molecule has 4 rings (SSSR count). The molecule has 0 N–H and O–H groups in total. The molecule has 1 fully saturated rings. The maximum absolute atomic E-state index is 13.5. The van der Waals surface area contributed by atoms with Crippen LogP contribution in [0, 0.1) is 12.8 Å². The number of aryl methyl sites for hydroxylation is 1. The highest BCUT2D eigenvalue weighted by Gasteiger charge is 2.38. The van der Waals surface area contributed by atoms with Gasteiger partial charge in [0.05, 0.1) is 25.8 Å². The lowest BCUT2D eigenvalue weighted by atomic mass is 10.1. The maximum Gasteiger partial charge on any atom is 0.232 e. The molecule has 1 aliphatic heterocycles. The maximum atomic E-state index is 13.5. The van der Waals surface area contributed by atoms with Crippen molar-refractivity contribution in [1.82, 2.24) is 0 Å². The molecule has 0 spiro atoms. The van der Waals surface area contributed by atoms with Gasteiger partial charge in [-0.05, 0) is 43.3 Å². The SMILES string of the molecule is COc1cccc(N2C[C@H](C(=O)N(Cc3ccco3)c3ccc(C)cc3)CC2=O)c1. The summed E-state index contributed by atoms with van der Waals surface area (Å²) in [4.78, 5) is 29.5. The molecule has 0 bridgehead atoms. The number of methoxy groups -OCH3 is 1. The highest BCUT2D eigenvalue weighted by molar-refractivity contribution is 6.04. The van der Waals surface area contributed by atoms with E-state index in [1.54, 1.807) is 29.2 Å². The Bertz CT molecular complexity index is 1030. The number of hydrogen-bond acceptors (Lipinski definition) is 4. The van der Waals surface area contributed by atoms with Crippen molar-refractivity contribution in [2.45, 2.75) is 19.9 Å². The van der Waals surface area contributed by atoms with Crippen molar-refractivity contribution in [2.75, 3.05) is 23.5 Å². The molecule has 154 valence electrons. The first-order valence-corrected chi connectivity index (χ1v) is 9.90. The number of carbonyl (C=O) groups is 2. The van der Waals surface area contributed by atoms with Crippen molar-refractivity contribution in [2.24, 2.45) is 5.92 Å². The Balaban J connectivity index is 1.58. The second kappa shape index (κ2) is 8.45. The molecule has 3 aromatic rings. The second-order valence-corrected chi connectivity index (χ2v) is 7.45. The molecule has 6 nitrogen and oxygen atoms in total. The van der Waals surface area contributed by atoms with Crippen molar-refractivity contribution < 1.29 is 18.7 Å². The molecule has 1 aliphatic rings. The predicted molar refractivity (Wildman–Crippen MR) is 115 cm³/mol. The van der Waals surface area contributed by atoms with Gasteiger partial charge in [-0.2, -0.15) is 0 Å². The Hall–Kier alpha value is -3.54. The van der Waals surface area contributed by atoms with E-state index in [1.807, 2.05) is 61.5 Å². The van der Waals surface area contributed by atoms with E-state index in [0.717, 1.165) is 16.9 Å². The van der Waals surface area contributed by atoms with Crippen LogP contribution in [0.25, 0.3) is 0 Å². The number of anilines is 2. The Morgan fingerprint density at radius 3 is 2.67 bits per heavy atom. The lowest BCUT2D eigenvalue weighted by Gasteiger charge is -2.25. The van der Waals surface area contributed by atoms with E-state index in [4.69, 9.17) is 9.15 Å². The van der Waals surface area contributed by atoms with Crippen molar-refractivity contribution in [1.29, 1.82) is 0 Å². The molecule has 2 amide bonds. The van der Waals surface area contributed by atoms with Crippen molar-refractivity contribution in [3.8, 4) is 5.75 Å². The smallest absolute Gasteiger partial charge is 0.232 e. The summed E-state index contributed by atoms with van der Waals surface area (Å²) in [7, 11) is 1.59. The fourth-order valence-electron chi connectivity index (χ4n) is 3.70. The number of carbonyl (C=O) groups excluding carboxylic acids is 2. The monoisotopic (exact) mass is 404 g/mol. The number of rotatable bonds is 6. The van der Waals surface area contributed by atoms with Crippen LogP contribution in [0.4, 0.5) is 11.4 Å². The number of furan rings is 1. The lowest BCUT2D eigenvalue weighted by Crippen LogP contribution is -2.37. The third kappa shape index (κ3) is 4.08. The van der Waals surface area contributed by atoms with E-state index in [2.05, 4.69) is 0 Å². The van der Waals surface area contributed by atoms with E-state index in [0.29, 0.717) is 24.6 Å². The molecule has 0 unspecified atom stereocenters. The van der Waals surface area contributed by atoms with Crippen LogP contribution in [0.2, 0.25) is 0 Å². The van der Waals surface area contributed by atoms with Gasteiger partial charge in [0.15, 0.2) is 0 Å². The van der Waals surface area contributed by atoms with E-state index >= 15 is 0 Å². The Kier molecular flexibility index (Phi) is 5.57. The van der Waals surface area contributed by atoms with Gasteiger partial charge >= 0.3 is 0 Å². The van der Waals surface area contributed by atoms with Gasteiger partial charge in [0.2, 0.25) is 11.8 Å². The highest BCUT2D eigenvalue weighted by Crippen LogP contribution is 2.30. The summed E-state index contributed by atoms with van der Waals surface area (Å²) in [6, 6.07) is 18.8. The molecular weight excluding hydrogens is 380 g/mol. The summed E-state index contributed by atoms with van der Waals surface area (Å²) in [5, 5.41) is 0. The molecule has 2 heterocycles. The zero-order valence-electron chi connectivity index (χ0n) is 17.1. The standard InChI is InChI=1S/C24H24N2O4/c1-17-8-10-19(11-9-17)26(16-22-7-4-12-30-22)24(28)18-13-23(27)25(15-18)20-5-3-6-21(14-20)29-2/h3-12,14,18H,13,15-16H2,1-2H3/t18-/m1/s1. The van der Waals surface area contributed by atoms with Crippen molar-refractivity contribution in [3.05, 3.63) is 78.3 Å². The van der Waals surface area contributed by atoms with E-state index in [1.165, 1.54) is 0 Å². The minimum absolute atomic E-state index is 0.0662. The fraction of sp³-hybridized carbons (Fsp3) is 0.250. The summed E-state index contributed by atoms with van der Waals surface area (Å²) in [5.74, 6) is 0.782. The van der Waals surface area contributed by atoms with Crippen LogP contribution in [0.15, 0.2) is 71.3 Å². The largest absolute Gasteiger partial charge is 0.497 e. The van der Waals surface area contributed by atoms with Gasteiger partial charge < -0.3 is 19.0 Å². The molecule has 2 aromatic carbocycles. The molecule has 0 aliphatic carbocycles. The topological polar surface area (TPSA) is 63.0 Å². The molecule has 6 heteroatoms. The summed E-state index contributed by atoms with van der Waals surface area (Å²) >= 11 is 0. The van der Waals surface area contributed by atoms with Crippen LogP contribution in [-0.4, -0.2) is 25.5 Å². The second-order valence-electron chi connectivity index (χ2n) is 7.45. The quantitative estimate of drug-likeness (QED) is 0.618. The molecule has 1 aromatic heterocycles. The fourth-order valence-corrected chi connectivity index (χ4v) is 3.70. The van der Waals surface area contributed by atoms with E-state index < -0.39 is 5.92 Å². The van der Waals surface area contributed by atoms with Crippen molar-refractivity contribution in [3.63, 3.8) is 0 Å². The van der Waals surface area contributed by atoms with Gasteiger partial charge in [0, 0.05) is 30.4 Å². The molecule has 0 radical (unpaired) electrons. The van der Waals surface area contributed by atoms with Crippen LogP contribution in [-0.2, 0) is 16.1 Å². The molecular formula is C24H24N2O4. The summed E-state index contributed by atoms with van der Waals surface area (Å²) in [6.45, 7) is 2.66. The Labute approximate surface area is 175 Å². The lowest BCUT2D eigenvalue weighted by molar-refractivity contribution is -0.124. The van der Waals surface area contributed by atoms with Crippen LogP contribution >= 0.6 is 0 Å². The van der Waals surface area contributed by atoms with E-state index in [-0.39, 0.29) is 18.2 Å². The normalized spacial score (nSPS) is 16.0. The van der Waals surface area contributed by atoms with E-state index in [9.17, 15) is 9.59 Å². The number of ether oxygens (including phenoxy) is 1. The zero-order valence-corrected chi connectivity index (χ0v) is 17.1. The summed E-state index contributed by atoms with van der Waals surface area (Å²) < 4.78 is 10.7. The van der Waals surface area contributed by atoms with Crippen LogP contribution in [0.5, 0.6) is 5.75 Å². The average Bonchev–Trinajstić information content (AvgIpc) is 3.42. The predicted octanol–water partition coefficient (Wildman–Crippen LogP) is 4.18. The molecule has 30 heavy (non-hydrogen) atoms. The number of amides is 2. The van der Waals surface area contributed by atoms with Gasteiger partial charge in [-0.15, -0.1) is 0 Å². The highest BCUT2D eigenvalue weighted by atomic mass is 16.5. The number of benzene rings is 2. The van der Waals surface area contributed by atoms with Crippen LogP contribution in [0.3, 0.4) is 0 Å². The van der Waals surface area contributed by atoms with Gasteiger partial charge in [-0.25, -0.2) is 0 Å². The Morgan fingerprint density at radius 1 is 1.17 bits per heavy atom. The molecule has 0 saturated carbocycles. The number of hydrogen-bond donors (Lipinski definition) is 0. The minimum atomic E-state index is -0.431. The molecule has 1 atom stereocenters. The average molecular weight is 404 g/mol. The van der Waals surface area contributed by atoms with Crippen molar-refractivity contribution >= 4 is 23.2 Å². The third-order valence-corrected chi connectivity index (χ3v) is 5.34. The summed E-state index contributed by atoms with van der Waals surface area (Å²) in [5.41, 5.74) is 2.64. The van der Waals surface area contributed by atoms with Gasteiger partial charge in [0.25, 0.3) is 0 Å². The van der Waals surface area contributed by atoms with Gasteiger partial charge in [-0.3, -0.25) is 9.59 Å². The summed E-state index contributed by atoms with van der Waals surface area (Å²) in [6.07, 6.45) is 1.77. The first kappa shape index (κ1) is 19.8. The zero-order chi connectivity index (χ0) is 21.1. The van der Waals surface area contributed by atoms with Crippen LogP contribution < -0.4 is 14.5 Å². The first-order valence-electron chi connectivity index (χ1n) is 9.90. The Morgan fingerprint density at radius 2 is 1.97 bits per heavy atom.